The quantitative estimate of drug-likeness (QED) is 0.567. The molecule has 0 aromatic heterocycles. The van der Waals surface area contributed by atoms with E-state index >= 15 is 0 Å². The second-order valence-corrected chi connectivity index (χ2v) is 2.73. The van der Waals surface area contributed by atoms with E-state index in [1.807, 2.05) is 0 Å². The number of hydrogen-bond acceptors (Lipinski definition) is 2. The minimum atomic E-state index is -0.967. The Morgan fingerprint density at radius 3 is 2.83 bits per heavy atom. The number of nitrogens with zero attached hydrogens (tertiary/aromatic N) is 1. The minimum absolute atomic E-state index is 0.196. The van der Waals surface area contributed by atoms with Crippen LogP contribution in [0.25, 0.3) is 0 Å². The second-order valence-electron chi connectivity index (χ2n) is 2.73. The van der Waals surface area contributed by atoms with E-state index in [1.54, 1.807) is 12.2 Å². The van der Waals surface area contributed by atoms with E-state index in [4.69, 9.17) is 10.2 Å². The standard InChI is InChI=1S/C8H7NO3/c10-7-1-5-3-9(8(11)12)4-6(5)2-7/h1-3,10H,4H2,(H,11,12). The number of hydrogen-bond donors (Lipinski definition) is 2. The Morgan fingerprint density at radius 1 is 1.50 bits per heavy atom. The summed E-state index contributed by atoms with van der Waals surface area (Å²) in [6.07, 6.45) is 3.68. The van der Waals surface area contributed by atoms with Gasteiger partial charge in [-0.2, -0.15) is 0 Å². The normalized spacial score (nSPS) is 20.0. The highest BCUT2D eigenvalue weighted by atomic mass is 16.4. The first-order valence-electron chi connectivity index (χ1n) is 3.50. The van der Waals surface area contributed by atoms with Crippen molar-refractivity contribution in [2.45, 2.75) is 0 Å². The van der Waals surface area contributed by atoms with Gasteiger partial charge in [0.15, 0.2) is 0 Å². The number of carboxylic acid groups (broad SMARTS) is 1. The molecular formula is C8H7NO3. The molecule has 12 heavy (non-hydrogen) atoms. The maximum Gasteiger partial charge on any atom is 0.411 e. The van der Waals surface area contributed by atoms with Gasteiger partial charge in [0.05, 0.1) is 6.54 Å². The predicted octanol–water partition coefficient (Wildman–Crippen LogP) is 1.25. The molecule has 2 rings (SSSR count). The number of rotatable bonds is 0. The summed E-state index contributed by atoms with van der Waals surface area (Å²) in [5.41, 5.74) is 1.64. The Labute approximate surface area is 68.7 Å². The molecule has 0 unspecified atom stereocenters. The Balaban J connectivity index is 2.29. The zero-order valence-corrected chi connectivity index (χ0v) is 6.19. The van der Waals surface area contributed by atoms with Gasteiger partial charge < -0.3 is 10.2 Å². The zero-order chi connectivity index (χ0) is 8.72. The topological polar surface area (TPSA) is 60.8 Å². The lowest BCUT2D eigenvalue weighted by Gasteiger charge is -2.06. The van der Waals surface area contributed by atoms with Crippen molar-refractivity contribution >= 4 is 6.09 Å². The molecule has 0 atom stereocenters. The second kappa shape index (κ2) is 2.14. The Morgan fingerprint density at radius 2 is 2.25 bits per heavy atom. The first kappa shape index (κ1) is 6.97. The van der Waals surface area contributed by atoms with Crippen LogP contribution in [-0.2, 0) is 0 Å². The monoisotopic (exact) mass is 165 g/mol. The fourth-order valence-electron chi connectivity index (χ4n) is 1.33. The maximum absolute atomic E-state index is 10.5. The summed E-state index contributed by atoms with van der Waals surface area (Å²) in [5, 5.41) is 17.6. The van der Waals surface area contributed by atoms with Gasteiger partial charge in [-0.15, -0.1) is 0 Å². The number of allylic oxidation sites excluding steroid dienone is 2. The van der Waals surface area contributed by atoms with Gasteiger partial charge in [0, 0.05) is 6.20 Å². The molecule has 4 heteroatoms. The van der Waals surface area contributed by atoms with Crippen LogP contribution < -0.4 is 0 Å². The number of amides is 1. The first-order valence-corrected chi connectivity index (χ1v) is 3.50. The summed E-state index contributed by atoms with van der Waals surface area (Å²) in [4.78, 5) is 11.7. The van der Waals surface area contributed by atoms with Crippen LogP contribution in [0.4, 0.5) is 4.79 Å². The molecule has 0 bridgehead atoms. The first-order chi connectivity index (χ1) is 5.66. The summed E-state index contributed by atoms with van der Waals surface area (Å²) >= 11 is 0. The molecule has 1 amide bonds. The molecule has 4 nitrogen and oxygen atoms in total. The van der Waals surface area contributed by atoms with Crippen LogP contribution in [0.3, 0.4) is 0 Å². The third kappa shape index (κ3) is 0.887. The van der Waals surface area contributed by atoms with Gasteiger partial charge in [-0.3, -0.25) is 4.90 Å². The Hall–Kier alpha value is -1.71. The highest BCUT2D eigenvalue weighted by Crippen LogP contribution is 2.28. The predicted molar refractivity (Wildman–Crippen MR) is 41.6 cm³/mol. The molecule has 1 aliphatic carbocycles. The third-order valence-corrected chi connectivity index (χ3v) is 1.88. The van der Waals surface area contributed by atoms with Gasteiger partial charge in [0.1, 0.15) is 5.76 Å². The van der Waals surface area contributed by atoms with E-state index in [2.05, 4.69) is 0 Å². The highest BCUT2D eigenvalue weighted by molar-refractivity contribution is 5.71. The molecule has 0 aromatic carbocycles. The highest BCUT2D eigenvalue weighted by Gasteiger charge is 2.24. The van der Waals surface area contributed by atoms with E-state index in [0.717, 1.165) is 11.1 Å². The number of aliphatic hydroxyl groups excluding tert-OH is 1. The van der Waals surface area contributed by atoms with E-state index < -0.39 is 6.09 Å². The molecular weight excluding hydrogens is 158 g/mol. The Kier molecular flexibility index (Phi) is 1.24. The number of carbonyl (C=O) groups is 1. The van der Waals surface area contributed by atoms with Crippen LogP contribution in [0.5, 0.6) is 0 Å². The smallest absolute Gasteiger partial charge is 0.411 e. The van der Waals surface area contributed by atoms with Crippen molar-refractivity contribution in [3.05, 3.63) is 35.3 Å². The number of aliphatic hydroxyl groups is 1. The van der Waals surface area contributed by atoms with Crippen LogP contribution >= 0.6 is 0 Å². The van der Waals surface area contributed by atoms with Gasteiger partial charge in [0.2, 0.25) is 0 Å². The van der Waals surface area contributed by atoms with Gasteiger partial charge >= 0.3 is 6.09 Å². The lowest BCUT2D eigenvalue weighted by atomic mass is 10.2. The van der Waals surface area contributed by atoms with E-state index in [9.17, 15) is 4.79 Å². The average Bonchev–Trinajstić information content (AvgIpc) is 2.42. The van der Waals surface area contributed by atoms with Crippen LogP contribution in [0.2, 0.25) is 0 Å². The molecule has 62 valence electrons. The summed E-state index contributed by atoms with van der Waals surface area (Å²) in [7, 11) is 0. The van der Waals surface area contributed by atoms with Crippen molar-refractivity contribution in [3.63, 3.8) is 0 Å². The van der Waals surface area contributed by atoms with Crippen molar-refractivity contribution in [2.24, 2.45) is 0 Å². The third-order valence-electron chi connectivity index (χ3n) is 1.88. The maximum atomic E-state index is 10.5. The molecule has 1 aliphatic heterocycles. The number of fused-ring (bicyclic) bond motifs is 1. The van der Waals surface area contributed by atoms with Crippen molar-refractivity contribution in [1.82, 2.24) is 4.90 Å². The average molecular weight is 165 g/mol. The summed E-state index contributed by atoms with van der Waals surface area (Å²) in [6, 6.07) is 0. The summed E-state index contributed by atoms with van der Waals surface area (Å²) < 4.78 is 0. The minimum Gasteiger partial charge on any atom is -0.508 e. The molecule has 0 saturated carbocycles. The van der Waals surface area contributed by atoms with Crippen molar-refractivity contribution in [3.8, 4) is 0 Å². The Bertz CT molecular complexity index is 338. The molecule has 0 radical (unpaired) electrons. The van der Waals surface area contributed by atoms with Crippen LogP contribution in [0.1, 0.15) is 0 Å². The molecule has 2 aliphatic rings. The van der Waals surface area contributed by atoms with Gasteiger partial charge in [0.25, 0.3) is 0 Å². The van der Waals surface area contributed by atoms with Gasteiger partial charge in [-0.25, -0.2) is 4.79 Å². The van der Waals surface area contributed by atoms with Crippen molar-refractivity contribution in [1.29, 1.82) is 0 Å². The lowest BCUT2D eigenvalue weighted by Crippen LogP contribution is -2.21. The van der Waals surface area contributed by atoms with Gasteiger partial charge in [-0.05, 0) is 23.3 Å². The fraction of sp³-hybridized carbons (Fsp3) is 0.125. The molecule has 2 N–H and O–H groups in total. The summed E-state index contributed by atoms with van der Waals surface area (Å²) in [6.45, 7) is 0.339. The van der Waals surface area contributed by atoms with Crippen LogP contribution in [0.15, 0.2) is 35.3 Å². The van der Waals surface area contributed by atoms with E-state index in [-0.39, 0.29) is 5.76 Å². The van der Waals surface area contributed by atoms with Crippen LogP contribution in [-0.4, -0.2) is 27.8 Å². The largest absolute Gasteiger partial charge is 0.508 e. The molecule has 1 heterocycles. The van der Waals surface area contributed by atoms with Crippen LogP contribution in [0, 0.1) is 0 Å². The van der Waals surface area contributed by atoms with E-state index in [1.165, 1.54) is 11.1 Å². The summed E-state index contributed by atoms with van der Waals surface area (Å²) in [5.74, 6) is 0.196. The molecule has 0 aromatic rings. The van der Waals surface area contributed by atoms with Crippen molar-refractivity contribution < 1.29 is 15.0 Å². The van der Waals surface area contributed by atoms with E-state index in [0.29, 0.717) is 6.54 Å². The van der Waals surface area contributed by atoms with Gasteiger partial charge in [-0.1, -0.05) is 0 Å². The lowest BCUT2D eigenvalue weighted by molar-refractivity contribution is 0.167. The van der Waals surface area contributed by atoms with Crippen molar-refractivity contribution in [2.75, 3.05) is 6.54 Å². The zero-order valence-electron chi connectivity index (χ0n) is 6.19. The molecule has 0 fully saturated rings. The SMILES string of the molecule is O=C(O)N1C=C2C=C(O)C=C2C1. The molecule has 0 spiro atoms. The molecule has 0 saturated heterocycles. The fourth-order valence-corrected chi connectivity index (χ4v) is 1.33.